The summed E-state index contributed by atoms with van der Waals surface area (Å²) in [5.41, 5.74) is 6.01. The van der Waals surface area contributed by atoms with Crippen LogP contribution in [0.15, 0.2) is 73.3 Å². The van der Waals surface area contributed by atoms with E-state index in [4.69, 9.17) is 0 Å². The van der Waals surface area contributed by atoms with Crippen LogP contribution in [0.1, 0.15) is 18.2 Å². The van der Waals surface area contributed by atoms with E-state index in [2.05, 4.69) is 55.7 Å². The number of benzene rings is 2. The minimum atomic E-state index is 0.753. The van der Waals surface area contributed by atoms with Gasteiger partial charge in [-0.15, -0.1) is 0 Å². The molecule has 0 fully saturated rings. The van der Waals surface area contributed by atoms with E-state index in [-0.39, 0.29) is 0 Å². The predicted octanol–water partition coefficient (Wildman–Crippen LogP) is 5.29. The second kappa shape index (κ2) is 8.48. The number of aromatic nitrogens is 4. The quantitative estimate of drug-likeness (QED) is 0.472. The summed E-state index contributed by atoms with van der Waals surface area (Å²) in [4.78, 5) is 17.2. The molecule has 4 rings (SSSR count). The Balaban J connectivity index is 1.61. The van der Waals surface area contributed by atoms with Gasteiger partial charge in [0.1, 0.15) is 24.3 Å². The van der Waals surface area contributed by atoms with E-state index in [1.54, 1.807) is 12.7 Å². The number of hydrogen-bond donors (Lipinski definition) is 2. The Hall–Kier alpha value is -3.80. The molecule has 29 heavy (non-hydrogen) atoms. The van der Waals surface area contributed by atoms with Crippen molar-refractivity contribution in [3.8, 4) is 11.3 Å². The Bertz CT molecular complexity index is 1110. The van der Waals surface area contributed by atoms with E-state index < -0.39 is 0 Å². The molecule has 6 heteroatoms. The minimum Gasteiger partial charge on any atom is -0.340 e. The van der Waals surface area contributed by atoms with Crippen LogP contribution in [0, 0.1) is 6.92 Å². The summed E-state index contributed by atoms with van der Waals surface area (Å²) < 4.78 is 0. The molecule has 0 radical (unpaired) electrons. The van der Waals surface area contributed by atoms with Crippen LogP contribution in [0.3, 0.4) is 0 Å². The van der Waals surface area contributed by atoms with Crippen molar-refractivity contribution in [1.29, 1.82) is 0 Å². The number of anilines is 4. The third-order valence-corrected chi connectivity index (χ3v) is 4.57. The van der Waals surface area contributed by atoms with Gasteiger partial charge in [0, 0.05) is 34.8 Å². The van der Waals surface area contributed by atoms with Crippen LogP contribution >= 0.6 is 0 Å². The predicted molar refractivity (Wildman–Crippen MR) is 117 cm³/mol. The summed E-state index contributed by atoms with van der Waals surface area (Å²) >= 11 is 0. The fourth-order valence-corrected chi connectivity index (χ4v) is 3.08. The summed E-state index contributed by atoms with van der Waals surface area (Å²) in [6.45, 7) is 4.08. The average Bonchev–Trinajstić information content (AvgIpc) is 2.75. The fraction of sp³-hybridized carbons (Fsp3) is 0.130. The highest BCUT2D eigenvalue weighted by Gasteiger charge is 2.07. The first-order chi connectivity index (χ1) is 14.2. The zero-order valence-corrected chi connectivity index (χ0v) is 16.4. The maximum absolute atomic E-state index is 4.40. The number of nitrogens with one attached hydrogen (secondary N) is 2. The van der Waals surface area contributed by atoms with Crippen molar-refractivity contribution in [2.45, 2.75) is 20.3 Å². The summed E-state index contributed by atoms with van der Waals surface area (Å²) in [5, 5.41) is 6.78. The molecule has 2 heterocycles. The van der Waals surface area contributed by atoms with Gasteiger partial charge in [-0.2, -0.15) is 0 Å². The third kappa shape index (κ3) is 4.55. The van der Waals surface area contributed by atoms with Crippen molar-refractivity contribution in [2.75, 3.05) is 10.6 Å². The molecule has 0 saturated carbocycles. The van der Waals surface area contributed by atoms with Crippen molar-refractivity contribution in [3.05, 3.63) is 84.6 Å². The van der Waals surface area contributed by atoms with Crippen LogP contribution in [0.5, 0.6) is 0 Å². The van der Waals surface area contributed by atoms with Crippen LogP contribution in [-0.4, -0.2) is 19.9 Å². The number of nitrogens with zero attached hydrogens (tertiary/aromatic N) is 4. The molecule has 144 valence electrons. The Labute approximate surface area is 170 Å². The molecule has 0 bridgehead atoms. The van der Waals surface area contributed by atoms with Crippen LogP contribution in [0.25, 0.3) is 11.3 Å². The Morgan fingerprint density at radius 2 is 1.52 bits per heavy atom. The molecule has 0 saturated heterocycles. The lowest BCUT2D eigenvalue weighted by atomic mass is 10.1. The van der Waals surface area contributed by atoms with Gasteiger partial charge < -0.3 is 10.6 Å². The van der Waals surface area contributed by atoms with Crippen LogP contribution in [0.4, 0.5) is 23.0 Å². The highest BCUT2D eigenvalue weighted by Crippen LogP contribution is 2.27. The first kappa shape index (κ1) is 18.6. The van der Waals surface area contributed by atoms with E-state index in [1.807, 2.05) is 49.4 Å². The van der Waals surface area contributed by atoms with Crippen molar-refractivity contribution in [2.24, 2.45) is 0 Å². The SMILES string of the molecule is CCc1ccc(Nc2cc(C)ncn2)cc1Nc1cc(-c2ccccc2)ncn1. The zero-order valence-electron chi connectivity index (χ0n) is 16.4. The molecule has 2 aromatic heterocycles. The lowest BCUT2D eigenvalue weighted by Gasteiger charge is -2.14. The second-order valence-corrected chi connectivity index (χ2v) is 6.67. The number of aryl methyl sites for hydroxylation is 2. The largest absolute Gasteiger partial charge is 0.340 e. The molecule has 2 aromatic carbocycles. The summed E-state index contributed by atoms with van der Waals surface area (Å²) in [5.74, 6) is 1.52. The lowest BCUT2D eigenvalue weighted by Crippen LogP contribution is -2.01. The number of rotatable bonds is 6. The van der Waals surface area contributed by atoms with E-state index in [0.29, 0.717) is 0 Å². The molecule has 0 aliphatic rings. The van der Waals surface area contributed by atoms with E-state index in [1.165, 1.54) is 5.56 Å². The van der Waals surface area contributed by atoms with E-state index in [0.717, 1.165) is 46.4 Å². The van der Waals surface area contributed by atoms with Crippen LogP contribution < -0.4 is 10.6 Å². The highest BCUT2D eigenvalue weighted by molar-refractivity contribution is 5.71. The molecule has 4 aromatic rings. The second-order valence-electron chi connectivity index (χ2n) is 6.67. The fourth-order valence-electron chi connectivity index (χ4n) is 3.08. The normalized spacial score (nSPS) is 10.6. The summed E-state index contributed by atoms with van der Waals surface area (Å²) in [6, 6.07) is 20.2. The van der Waals surface area contributed by atoms with Crippen molar-refractivity contribution in [1.82, 2.24) is 19.9 Å². The first-order valence-corrected chi connectivity index (χ1v) is 9.54. The molecule has 0 aliphatic heterocycles. The maximum Gasteiger partial charge on any atom is 0.134 e. The van der Waals surface area contributed by atoms with Crippen molar-refractivity contribution < 1.29 is 0 Å². The van der Waals surface area contributed by atoms with Gasteiger partial charge >= 0.3 is 0 Å². The van der Waals surface area contributed by atoms with Gasteiger partial charge in [-0.1, -0.05) is 43.3 Å². The Morgan fingerprint density at radius 1 is 0.759 bits per heavy atom. The first-order valence-electron chi connectivity index (χ1n) is 9.54. The molecule has 2 N–H and O–H groups in total. The van der Waals surface area contributed by atoms with Crippen LogP contribution in [0.2, 0.25) is 0 Å². The van der Waals surface area contributed by atoms with Gasteiger partial charge in [-0.05, 0) is 31.0 Å². The molecule has 0 amide bonds. The van der Waals surface area contributed by atoms with E-state index in [9.17, 15) is 0 Å². The van der Waals surface area contributed by atoms with Gasteiger partial charge in [0.05, 0.1) is 5.69 Å². The lowest BCUT2D eigenvalue weighted by molar-refractivity contribution is 1.10. The number of hydrogen-bond acceptors (Lipinski definition) is 6. The minimum absolute atomic E-state index is 0.753. The van der Waals surface area contributed by atoms with E-state index >= 15 is 0 Å². The molecule has 0 spiro atoms. The Kier molecular flexibility index (Phi) is 5.42. The molecular weight excluding hydrogens is 360 g/mol. The average molecular weight is 382 g/mol. The molecule has 0 atom stereocenters. The van der Waals surface area contributed by atoms with Gasteiger partial charge in [0.2, 0.25) is 0 Å². The summed E-state index contributed by atoms with van der Waals surface area (Å²) in [6.07, 6.45) is 4.05. The smallest absolute Gasteiger partial charge is 0.134 e. The zero-order chi connectivity index (χ0) is 20.1. The third-order valence-electron chi connectivity index (χ3n) is 4.57. The maximum atomic E-state index is 4.40. The van der Waals surface area contributed by atoms with Gasteiger partial charge in [0.15, 0.2) is 0 Å². The molecule has 0 unspecified atom stereocenters. The van der Waals surface area contributed by atoms with Crippen LogP contribution in [-0.2, 0) is 6.42 Å². The van der Waals surface area contributed by atoms with Gasteiger partial charge in [-0.25, -0.2) is 19.9 Å². The highest BCUT2D eigenvalue weighted by atomic mass is 15.0. The molecule has 0 aliphatic carbocycles. The standard InChI is InChI=1S/C23H22N6/c1-3-17-9-10-19(28-22-11-16(2)24-14-26-22)12-21(17)29-23-13-20(25-15-27-23)18-7-5-4-6-8-18/h4-15H,3H2,1-2H3,(H,24,26,28)(H,25,27,29). The van der Waals surface area contributed by atoms with Crippen molar-refractivity contribution >= 4 is 23.0 Å². The molecular formula is C23H22N6. The molecule has 6 nitrogen and oxygen atoms in total. The monoisotopic (exact) mass is 382 g/mol. The van der Waals surface area contributed by atoms with Crippen molar-refractivity contribution in [3.63, 3.8) is 0 Å². The van der Waals surface area contributed by atoms with Gasteiger partial charge in [-0.3, -0.25) is 0 Å². The Morgan fingerprint density at radius 3 is 2.28 bits per heavy atom. The van der Waals surface area contributed by atoms with Gasteiger partial charge in [0.25, 0.3) is 0 Å². The topological polar surface area (TPSA) is 75.6 Å². The summed E-state index contributed by atoms with van der Waals surface area (Å²) in [7, 11) is 0.